The second kappa shape index (κ2) is 8.92. The molecule has 1 amide bonds. The first kappa shape index (κ1) is 22.1. The molecule has 0 bridgehead atoms. The van der Waals surface area contributed by atoms with E-state index in [0.29, 0.717) is 22.2 Å². The van der Waals surface area contributed by atoms with Crippen LogP contribution in [0.25, 0.3) is 16.0 Å². The summed E-state index contributed by atoms with van der Waals surface area (Å²) in [7, 11) is 0. The van der Waals surface area contributed by atoms with Crippen LogP contribution in [0.2, 0.25) is 0 Å². The Bertz CT molecular complexity index is 1390. The summed E-state index contributed by atoms with van der Waals surface area (Å²) in [6, 6.07) is 6.02. The number of ether oxygens (including phenoxy) is 1. The van der Waals surface area contributed by atoms with Gasteiger partial charge in [-0.2, -0.15) is 0 Å². The number of rotatable bonds is 6. The lowest BCUT2D eigenvalue weighted by Gasteiger charge is -2.14. The first-order valence-electron chi connectivity index (χ1n) is 10.9. The molecule has 1 aliphatic rings. The number of thioether (sulfide) groups is 1. The number of amides is 1. The van der Waals surface area contributed by atoms with E-state index in [-0.39, 0.29) is 23.3 Å². The van der Waals surface area contributed by atoms with Crippen molar-refractivity contribution in [2.75, 3.05) is 17.7 Å². The first-order valence-corrected chi connectivity index (χ1v) is 12.8. The van der Waals surface area contributed by atoms with E-state index in [1.54, 1.807) is 4.57 Å². The number of carbonyl (C=O) groups excluding carboxylic acids is 1. The molecule has 0 saturated carbocycles. The normalized spacial score (nSPS) is 16.2. The van der Waals surface area contributed by atoms with Gasteiger partial charge in [0.05, 0.1) is 23.9 Å². The Kier molecular flexibility index (Phi) is 5.98. The SMILES string of the molecule is Cc1cc(C)c(NC(=O)CSc2nnc3n(C[C@H]4CCCO4)c(=O)c4sccc4n23)c(C)c1. The fraction of sp³-hybridized carbons (Fsp3) is 0.391. The van der Waals surface area contributed by atoms with Crippen LogP contribution in [0, 0.1) is 20.8 Å². The van der Waals surface area contributed by atoms with Gasteiger partial charge in [-0.1, -0.05) is 29.5 Å². The zero-order valence-corrected chi connectivity index (χ0v) is 20.4. The molecule has 1 saturated heterocycles. The van der Waals surface area contributed by atoms with Crippen LogP contribution in [0.1, 0.15) is 29.5 Å². The summed E-state index contributed by atoms with van der Waals surface area (Å²) >= 11 is 2.71. The van der Waals surface area contributed by atoms with Crippen molar-refractivity contribution in [3.63, 3.8) is 0 Å². The number of aromatic nitrogens is 4. The molecule has 1 aliphatic heterocycles. The molecular weight excluding hydrogens is 458 g/mol. The van der Waals surface area contributed by atoms with Gasteiger partial charge in [0.2, 0.25) is 11.7 Å². The van der Waals surface area contributed by atoms with Crippen LogP contribution < -0.4 is 10.9 Å². The molecular formula is C23H25N5O3S2. The summed E-state index contributed by atoms with van der Waals surface area (Å²) in [6.45, 7) is 7.21. The van der Waals surface area contributed by atoms with E-state index in [1.807, 2.05) is 36.6 Å². The third-order valence-corrected chi connectivity index (χ3v) is 7.69. The standard InChI is InChI=1S/C23H25N5O3S2/c1-13-9-14(2)19(15(3)10-13)24-18(29)12-33-23-26-25-22-27(11-16-5-4-7-31-16)21(30)20-17(28(22)23)6-8-32-20/h6,8-10,16H,4-5,7,11-12H2,1-3H3,(H,24,29)/t16-/m1/s1. The largest absolute Gasteiger partial charge is 0.376 e. The number of nitrogens with one attached hydrogen (secondary N) is 1. The topological polar surface area (TPSA) is 90.5 Å². The molecule has 1 fully saturated rings. The van der Waals surface area contributed by atoms with Crippen LogP contribution in [0.5, 0.6) is 0 Å². The average Bonchev–Trinajstić information content (AvgIpc) is 3.52. The molecule has 0 spiro atoms. The molecule has 172 valence electrons. The van der Waals surface area contributed by atoms with Gasteiger partial charge in [-0.3, -0.25) is 18.6 Å². The predicted molar refractivity (Wildman–Crippen MR) is 132 cm³/mol. The highest BCUT2D eigenvalue weighted by molar-refractivity contribution is 7.99. The zero-order chi connectivity index (χ0) is 23.1. The fourth-order valence-electron chi connectivity index (χ4n) is 4.43. The van der Waals surface area contributed by atoms with Gasteiger partial charge in [0.15, 0.2) is 5.16 Å². The Labute approximate surface area is 199 Å². The molecule has 3 aromatic heterocycles. The van der Waals surface area contributed by atoms with Crippen molar-refractivity contribution in [3.05, 3.63) is 50.6 Å². The zero-order valence-electron chi connectivity index (χ0n) is 18.8. The number of anilines is 1. The minimum absolute atomic E-state index is 0.00322. The van der Waals surface area contributed by atoms with Crippen LogP contribution in [0.3, 0.4) is 0 Å². The van der Waals surface area contributed by atoms with Gasteiger partial charge in [0.25, 0.3) is 5.56 Å². The second-order valence-corrected chi connectivity index (χ2v) is 10.3. The molecule has 4 heterocycles. The Morgan fingerprint density at radius 1 is 1.27 bits per heavy atom. The summed E-state index contributed by atoms with van der Waals surface area (Å²) in [5.74, 6) is 0.555. The van der Waals surface area contributed by atoms with Crippen LogP contribution in [0.4, 0.5) is 5.69 Å². The van der Waals surface area contributed by atoms with Crippen molar-refractivity contribution in [1.82, 2.24) is 19.2 Å². The maximum Gasteiger partial charge on any atom is 0.272 e. The Hall–Kier alpha value is -2.69. The first-order chi connectivity index (χ1) is 15.9. The lowest BCUT2D eigenvalue weighted by atomic mass is 10.1. The highest BCUT2D eigenvalue weighted by Gasteiger charge is 2.23. The van der Waals surface area contributed by atoms with Gasteiger partial charge in [-0.15, -0.1) is 21.5 Å². The fourth-order valence-corrected chi connectivity index (χ4v) is 6.00. The maximum absolute atomic E-state index is 13.1. The van der Waals surface area contributed by atoms with Crippen molar-refractivity contribution in [2.24, 2.45) is 0 Å². The van der Waals surface area contributed by atoms with E-state index < -0.39 is 0 Å². The number of fused-ring (bicyclic) bond motifs is 3. The van der Waals surface area contributed by atoms with Crippen LogP contribution in [-0.4, -0.2) is 43.5 Å². The van der Waals surface area contributed by atoms with Crippen molar-refractivity contribution in [3.8, 4) is 0 Å². The predicted octanol–water partition coefficient (Wildman–Crippen LogP) is 3.94. The van der Waals surface area contributed by atoms with E-state index in [2.05, 4.69) is 27.6 Å². The van der Waals surface area contributed by atoms with Crippen molar-refractivity contribution in [1.29, 1.82) is 0 Å². The van der Waals surface area contributed by atoms with Crippen LogP contribution in [-0.2, 0) is 16.1 Å². The van der Waals surface area contributed by atoms with Gasteiger partial charge >= 0.3 is 0 Å². The van der Waals surface area contributed by atoms with E-state index in [0.717, 1.165) is 41.8 Å². The van der Waals surface area contributed by atoms with Crippen molar-refractivity contribution >= 4 is 50.7 Å². The number of carbonyl (C=O) groups is 1. The van der Waals surface area contributed by atoms with Gasteiger partial charge in [0, 0.05) is 12.3 Å². The number of hydrogen-bond acceptors (Lipinski definition) is 7. The molecule has 1 N–H and O–H groups in total. The Morgan fingerprint density at radius 3 is 2.79 bits per heavy atom. The summed E-state index contributed by atoms with van der Waals surface area (Å²) in [5, 5.41) is 14.2. The van der Waals surface area contributed by atoms with Crippen LogP contribution >= 0.6 is 23.1 Å². The monoisotopic (exact) mass is 483 g/mol. The van der Waals surface area contributed by atoms with Gasteiger partial charge in [-0.05, 0) is 56.2 Å². The lowest BCUT2D eigenvalue weighted by Crippen LogP contribution is -2.28. The molecule has 0 aliphatic carbocycles. The average molecular weight is 484 g/mol. The highest BCUT2D eigenvalue weighted by Crippen LogP contribution is 2.26. The summed E-state index contributed by atoms with van der Waals surface area (Å²) < 4.78 is 9.94. The Morgan fingerprint density at radius 2 is 2.06 bits per heavy atom. The van der Waals surface area contributed by atoms with Crippen LogP contribution in [0.15, 0.2) is 33.5 Å². The smallest absolute Gasteiger partial charge is 0.272 e. The number of benzene rings is 1. The van der Waals surface area contributed by atoms with E-state index in [4.69, 9.17) is 4.74 Å². The maximum atomic E-state index is 13.1. The number of thiophene rings is 1. The second-order valence-electron chi connectivity index (χ2n) is 8.41. The number of nitrogens with zero attached hydrogens (tertiary/aromatic N) is 4. The molecule has 0 unspecified atom stereocenters. The number of hydrogen-bond donors (Lipinski definition) is 1. The third kappa shape index (κ3) is 4.18. The van der Waals surface area contributed by atoms with Crippen molar-refractivity contribution < 1.29 is 9.53 Å². The summed E-state index contributed by atoms with van der Waals surface area (Å²) in [6.07, 6.45) is 1.93. The Balaban J connectivity index is 1.43. The molecule has 1 atom stereocenters. The minimum atomic E-state index is -0.110. The molecule has 0 radical (unpaired) electrons. The summed E-state index contributed by atoms with van der Waals surface area (Å²) in [5.41, 5.74) is 4.79. The van der Waals surface area contributed by atoms with E-state index >= 15 is 0 Å². The number of aryl methyl sites for hydroxylation is 3. The highest BCUT2D eigenvalue weighted by atomic mass is 32.2. The lowest BCUT2D eigenvalue weighted by molar-refractivity contribution is -0.113. The van der Waals surface area contributed by atoms with E-state index in [9.17, 15) is 9.59 Å². The molecule has 5 rings (SSSR count). The van der Waals surface area contributed by atoms with Crippen molar-refractivity contribution in [2.45, 2.75) is 51.4 Å². The molecule has 33 heavy (non-hydrogen) atoms. The molecule has 10 heteroatoms. The van der Waals surface area contributed by atoms with Gasteiger partial charge in [-0.25, -0.2) is 0 Å². The summed E-state index contributed by atoms with van der Waals surface area (Å²) in [4.78, 5) is 25.9. The van der Waals surface area contributed by atoms with E-state index in [1.165, 1.54) is 28.7 Å². The van der Waals surface area contributed by atoms with Gasteiger partial charge in [0.1, 0.15) is 4.70 Å². The molecule has 1 aromatic carbocycles. The quantitative estimate of drug-likeness (QED) is 0.418. The third-order valence-electron chi connectivity index (χ3n) is 5.87. The van der Waals surface area contributed by atoms with Gasteiger partial charge < -0.3 is 10.1 Å². The molecule has 4 aromatic rings. The minimum Gasteiger partial charge on any atom is -0.376 e. The molecule has 8 nitrogen and oxygen atoms in total.